The van der Waals surface area contributed by atoms with Gasteiger partial charge in [-0.05, 0) is 24.6 Å². The number of thiazole rings is 1. The van der Waals surface area contributed by atoms with Gasteiger partial charge in [-0.15, -0.1) is 11.3 Å². The topological polar surface area (TPSA) is 100 Å². The highest BCUT2D eigenvalue weighted by Gasteiger charge is 2.23. The number of fused-ring (bicyclic) bond motifs is 1. The van der Waals surface area contributed by atoms with Crippen molar-refractivity contribution in [3.05, 3.63) is 64.7 Å². The Morgan fingerprint density at radius 2 is 2.14 bits per heavy atom. The lowest BCUT2D eigenvalue weighted by Gasteiger charge is -2.25. The van der Waals surface area contributed by atoms with E-state index in [1.165, 1.54) is 29.9 Å². The minimum Gasteiger partial charge on any atom is -0.325 e. The van der Waals surface area contributed by atoms with Crippen LogP contribution in [0.2, 0.25) is 0 Å². The van der Waals surface area contributed by atoms with Crippen molar-refractivity contribution in [3.63, 3.8) is 0 Å². The van der Waals surface area contributed by atoms with Crippen LogP contribution >= 0.6 is 11.3 Å². The Kier molecular flexibility index (Phi) is 5.59. The van der Waals surface area contributed by atoms with Crippen LogP contribution < -0.4 is 10.6 Å². The van der Waals surface area contributed by atoms with Gasteiger partial charge in [-0.2, -0.15) is 0 Å². The SMILES string of the molecule is Cc1cccc(NC(=O)CN2CCc3nc(NC(=O)c4cnccn4)sc3C2)c1. The van der Waals surface area contributed by atoms with Gasteiger partial charge in [-0.25, -0.2) is 9.97 Å². The Labute approximate surface area is 172 Å². The zero-order chi connectivity index (χ0) is 20.2. The van der Waals surface area contributed by atoms with Crippen LogP contribution in [0.3, 0.4) is 0 Å². The third-order valence-corrected chi connectivity index (χ3v) is 5.49. The average molecular weight is 408 g/mol. The maximum Gasteiger partial charge on any atom is 0.277 e. The summed E-state index contributed by atoms with van der Waals surface area (Å²) in [5, 5.41) is 6.26. The van der Waals surface area contributed by atoms with Crippen molar-refractivity contribution in [2.45, 2.75) is 19.9 Å². The van der Waals surface area contributed by atoms with Crippen LogP contribution in [0.5, 0.6) is 0 Å². The smallest absolute Gasteiger partial charge is 0.277 e. The van der Waals surface area contributed by atoms with Gasteiger partial charge in [0, 0.05) is 42.5 Å². The van der Waals surface area contributed by atoms with Gasteiger partial charge in [-0.1, -0.05) is 12.1 Å². The number of anilines is 2. The van der Waals surface area contributed by atoms with Crippen molar-refractivity contribution < 1.29 is 9.59 Å². The Morgan fingerprint density at radius 3 is 2.93 bits per heavy atom. The standard InChI is InChI=1S/C20H20N6O2S/c1-13-3-2-4-14(9-13)23-18(27)12-26-8-5-15-17(11-26)29-20(24-15)25-19(28)16-10-21-6-7-22-16/h2-4,6-7,9-10H,5,8,11-12H2,1H3,(H,23,27)(H,24,25,28). The van der Waals surface area contributed by atoms with E-state index in [1.54, 1.807) is 0 Å². The van der Waals surface area contributed by atoms with E-state index in [0.29, 0.717) is 18.2 Å². The predicted molar refractivity (Wildman–Crippen MR) is 111 cm³/mol. The van der Waals surface area contributed by atoms with Crippen molar-refractivity contribution in [3.8, 4) is 0 Å². The largest absolute Gasteiger partial charge is 0.325 e. The zero-order valence-corrected chi connectivity index (χ0v) is 16.7. The average Bonchev–Trinajstić information content (AvgIpc) is 3.10. The second-order valence-corrected chi connectivity index (χ2v) is 7.90. The fourth-order valence-electron chi connectivity index (χ4n) is 3.14. The third kappa shape index (κ3) is 4.82. The number of nitrogens with zero attached hydrogens (tertiary/aromatic N) is 4. The number of carbonyl (C=O) groups excluding carboxylic acids is 2. The molecule has 3 heterocycles. The Morgan fingerprint density at radius 1 is 1.24 bits per heavy atom. The number of rotatable bonds is 5. The summed E-state index contributed by atoms with van der Waals surface area (Å²) in [5.41, 5.74) is 3.13. The summed E-state index contributed by atoms with van der Waals surface area (Å²) >= 11 is 1.43. The summed E-state index contributed by atoms with van der Waals surface area (Å²) in [5.74, 6) is -0.377. The van der Waals surface area contributed by atoms with E-state index >= 15 is 0 Å². The first-order chi connectivity index (χ1) is 14.1. The van der Waals surface area contributed by atoms with Gasteiger partial charge in [0.15, 0.2) is 5.13 Å². The van der Waals surface area contributed by atoms with Crippen LogP contribution in [-0.2, 0) is 17.8 Å². The summed E-state index contributed by atoms with van der Waals surface area (Å²) in [4.78, 5) is 40.2. The van der Waals surface area contributed by atoms with Crippen molar-refractivity contribution in [2.75, 3.05) is 23.7 Å². The molecule has 0 aliphatic carbocycles. The number of hydrogen-bond donors (Lipinski definition) is 2. The lowest BCUT2D eigenvalue weighted by Crippen LogP contribution is -2.36. The summed E-state index contributed by atoms with van der Waals surface area (Å²) in [6.07, 6.45) is 5.14. The fourth-order valence-corrected chi connectivity index (χ4v) is 4.19. The van der Waals surface area contributed by atoms with Crippen LogP contribution in [0.25, 0.3) is 0 Å². The molecule has 1 aliphatic heterocycles. The number of hydrogen-bond acceptors (Lipinski definition) is 7. The molecule has 2 amide bonds. The third-order valence-electron chi connectivity index (χ3n) is 4.50. The molecule has 1 aromatic carbocycles. The van der Waals surface area contributed by atoms with E-state index in [2.05, 4.69) is 30.5 Å². The molecule has 29 heavy (non-hydrogen) atoms. The monoisotopic (exact) mass is 408 g/mol. The van der Waals surface area contributed by atoms with E-state index in [-0.39, 0.29) is 17.5 Å². The molecule has 1 aliphatic rings. The molecule has 0 radical (unpaired) electrons. The van der Waals surface area contributed by atoms with E-state index < -0.39 is 0 Å². The van der Waals surface area contributed by atoms with Crippen LogP contribution in [0, 0.1) is 6.92 Å². The van der Waals surface area contributed by atoms with Crippen molar-refractivity contribution in [1.82, 2.24) is 19.9 Å². The summed E-state index contributed by atoms with van der Waals surface area (Å²) in [7, 11) is 0. The van der Waals surface area contributed by atoms with Crippen molar-refractivity contribution in [2.24, 2.45) is 0 Å². The minimum absolute atomic E-state index is 0.0419. The second kappa shape index (κ2) is 8.46. The highest BCUT2D eigenvalue weighted by molar-refractivity contribution is 7.15. The second-order valence-electron chi connectivity index (χ2n) is 6.81. The summed E-state index contributed by atoms with van der Waals surface area (Å²) < 4.78 is 0. The number of amides is 2. The van der Waals surface area contributed by atoms with Crippen LogP contribution in [0.15, 0.2) is 42.9 Å². The first-order valence-electron chi connectivity index (χ1n) is 9.21. The molecule has 0 bridgehead atoms. The molecule has 3 aromatic rings. The molecule has 0 saturated carbocycles. The van der Waals surface area contributed by atoms with Gasteiger partial charge >= 0.3 is 0 Å². The Bertz CT molecular complexity index is 1040. The fraction of sp³-hybridized carbons (Fsp3) is 0.250. The van der Waals surface area contributed by atoms with E-state index in [4.69, 9.17) is 0 Å². The molecule has 0 fully saturated rings. The summed E-state index contributed by atoms with van der Waals surface area (Å²) in [6, 6.07) is 7.74. The first kappa shape index (κ1) is 19.2. The highest BCUT2D eigenvalue weighted by atomic mass is 32.1. The molecule has 8 nitrogen and oxygen atoms in total. The van der Waals surface area contributed by atoms with Gasteiger partial charge in [0.05, 0.1) is 18.4 Å². The number of nitrogens with one attached hydrogen (secondary N) is 2. The van der Waals surface area contributed by atoms with Crippen LogP contribution in [-0.4, -0.2) is 44.8 Å². The first-order valence-corrected chi connectivity index (χ1v) is 10.0. The van der Waals surface area contributed by atoms with Crippen LogP contribution in [0.4, 0.5) is 10.8 Å². The summed E-state index contributed by atoms with van der Waals surface area (Å²) in [6.45, 7) is 3.68. The van der Waals surface area contributed by atoms with Gasteiger partial charge in [0.1, 0.15) is 5.69 Å². The molecular formula is C20H20N6O2S. The number of aryl methyl sites for hydroxylation is 1. The molecule has 9 heteroatoms. The minimum atomic E-state index is -0.335. The van der Waals surface area contributed by atoms with Crippen LogP contribution in [0.1, 0.15) is 26.6 Å². The maximum absolute atomic E-state index is 12.4. The van der Waals surface area contributed by atoms with E-state index in [1.807, 2.05) is 31.2 Å². The molecule has 148 valence electrons. The molecular weight excluding hydrogens is 388 g/mol. The predicted octanol–water partition coefficient (Wildman–Crippen LogP) is 2.49. The normalized spacial score (nSPS) is 13.6. The van der Waals surface area contributed by atoms with E-state index in [0.717, 1.165) is 34.8 Å². The number of carbonyl (C=O) groups is 2. The molecule has 4 rings (SSSR count). The molecule has 0 spiro atoms. The maximum atomic E-state index is 12.4. The highest BCUT2D eigenvalue weighted by Crippen LogP contribution is 2.28. The quantitative estimate of drug-likeness (QED) is 0.673. The van der Waals surface area contributed by atoms with E-state index in [9.17, 15) is 9.59 Å². The van der Waals surface area contributed by atoms with Gasteiger partial charge in [0.25, 0.3) is 5.91 Å². The van der Waals surface area contributed by atoms with Gasteiger partial charge in [0.2, 0.25) is 5.91 Å². The zero-order valence-electron chi connectivity index (χ0n) is 15.9. The van der Waals surface area contributed by atoms with Gasteiger partial charge in [-0.3, -0.25) is 24.8 Å². The molecule has 0 unspecified atom stereocenters. The van der Waals surface area contributed by atoms with Crippen molar-refractivity contribution in [1.29, 1.82) is 0 Å². The Hall–Kier alpha value is -3.17. The molecule has 0 atom stereocenters. The van der Waals surface area contributed by atoms with Gasteiger partial charge < -0.3 is 5.32 Å². The lowest BCUT2D eigenvalue weighted by molar-refractivity contribution is -0.117. The molecule has 2 aromatic heterocycles. The number of aromatic nitrogens is 3. The Balaban J connectivity index is 1.35. The van der Waals surface area contributed by atoms with Crippen molar-refractivity contribution >= 4 is 34.0 Å². The molecule has 0 saturated heterocycles. The molecule has 2 N–H and O–H groups in total. The lowest BCUT2D eigenvalue weighted by atomic mass is 10.2. The number of benzene rings is 1.